The molecule has 2 aliphatic heterocycles. The van der Waals surface area contributed by atoms with Gasteiger partial charge in [-0.1, -0.05) is 15.9 Å². The van der Waals surface area contributed by atoms with Crippen LogP contribution in [0.4, 0.5) is 0 Å². The number of fused-ring (bicyclic) bond motifs is 1. The summed E-state index contributed by atoms with van der Waals surface area (Å²) < 4.78 is 7.08. The first kappa shape index (κ1) is 12.5. The van der Waals surface area contributed by atoms with Gasteiger partial charge in [0.1, 0.15) is 11.9 Å². The Kier molecular flexibility index (Phi) is 3.59. The van der Waals surface area contributed by atoms with Crippen LogP contribution in [0.5, 0.6) is 5.75 Å². The zero-order valence-corrected chi connectivity index (χ0v) is 11.9. The second-order valence-corrected chi connectivity index (χ2v) is 6.14. The largest absolute Gasteiger partial charge is 0.488 e. The first-order valence-corrected chi connectivity index (χ1v) is 7.35. The van der Waals surface area contributed by atoms with Crippen molar-refractivity contribution in [2.45, 2.75) is 31.5 Å². The highest BCUT2D eigenvalue weighted by atomic mass is 79.9. The van der Waals surface area contributed by atoms with Gasteiger partial charge in [0.05, 0.1) is 6.10 Å². The molecule has 18 heavy (non-hydrogen) atoms. The molecule has 0 amide bonds. The minimum atomic E-state index is -0.0982. The third kappa shape index (κ3) is 2.71. The quantitative estimate of drug-likeness (QED) is 0.909. The Morgan fingerprint density at radius 3 is 2.89 bits per heavy atom. The van der Waals surface area contributed by atoms with E-state index in [0.29, 0.717) is 0 Å². The second kappa shape index (κ2) is 5.19. The van der Waals surface area contributed by atoms with Gasteiger partial charge < -0.3 is 9.84 Å². The average molecular weight is 312 g/mol. The van der Waals surface area contributed by atoms with Crippen LogP contribution in [-0.4, -0.2) is 41.8 Å². The molecule has 0 saturated carbocycles. The zero-order valence-electron chi connectivity index (χ0n) is 10.3. The summed E-state index contributed by atoms with van der Waals surface area (Å²) in [6.07, 6.45) is 2.95. The standard InChI is InChI=1S/C14H18BrNO2/c15-11-1-2-14-10(7-11)8-13(18-14)9-16-5-3-12(17)4-6-16/h1-2,7,12-13,17H,3-6,8-9H2. The molecule has 2 aliphatic rings. The fraction of sp³-hybridized carbons (Fsp3) is 0.571. The average Bonchev–Trinajstić information content (AvgIpc) is 2.73. The lowest BCUT2D eigenvalue weighted by molar-refractivity contribution is 0.0625. The lowest BCUT2D eigenvalue weighted by Crippen LogP contribution is -2.41. The van der Waals surface area contributed by atoms with Crippen molar-refractivity contribution in [1.82, 2.24) is 4.90 Å². The Balaban J connectivity index is 1.58. The van der Waals surface area contributed by atoms with Crippen molar-refractivity contribution in [1.29, 1.82) is 0 Å². The van der Waals surface area contributed by atoms with E-state index in [9.17, 15) is 5.11 Å². The minimum absolute atomic E-state index is 0.0982. The summed E-state index contributed by atoms with van der Waals surface area (Å²) in [5.41, 5.74) is 1.30. The molecule has 1 N–H and O–H groups in total. The third-order valence-corrected chi connectivity index (χ3v) is 4.28. The van der Waals surface area contributed by atoms with Crippen molar-refractivity contribution in [2.24, 2.45) is 0 Å². The zero-order chi connectivity index (χ0) is 12.5. The minimum Gasteiger partial charge on any atom is -0.488 e. The van der Waals surface area contributed by atoms with Crippen LogP contribution in [-0.2, 0) is 6.42 Å². The van der Waals surface area contributed by atoms with Crippen LogP contribution in [0, 0.1) is 0 Å². The van der Waals surface area contributed by atoms with Gasteiger partial charge in [0, 0.05) is 30.5 Å². The van der Waals surface area contributed by atoms with Gasteiger partial charge in [-0.15, -0.1) is 0 Å². The number of aliphatic hydroxyl groups is 1. The highest BCUT2D eigenvalue weighted by molar-refractivity contribution is 9.10. The Labute approximate surface area is 116 Å². The smallest absolute Gasteiger partial charge is 0.123 e. The van der Waals surface area contributed by atoms with Crippen LogP contribution < -0.4 is 4.74 Å². The van der Waals surface area contributed by atoms with Gasteiger partial charge >= 0.3 is 0 Å². The summed E-state index contributed by atoms with van der Waals surface area (Å²) in [5, 5.41) is 9.50. The monoisotopic (exact) mass is 311 g/mol. The van der Waals surface area contributed by atoms with Crippen LogP contribution in [0.1, 0.15) is 18.4 Å². The molecular formula is C14H18BrNO2. The molecule has 3 rings (SSSR count). The SMILES string of the molecule is OC1CCN(CC2Cc3cc(Br)ccc3O2)CC1. The van der Waals surface area contributed by atoms with Crippen molar-refractivity contribution in [3.05, 3.63) is 28.2 Å². The third-order valence-electron chi connectivity index (χ3n) is 3.78. The summed E-state index contributed by atoms with van der Waals surface area (Å²) in [6, 6.07) is 6.22. The first-order chi connectivity index (χ1) is 8.70. The second-order valence-electron chi connectivity index (χ2n) is 5.23. The number of hydrogen-bond acceptors (Lipinski definition) is 3. The summed E-state index contributed by atoms with van der Waals surface area (Å²) in [6.45, 7) is 2.95. The lowest BCUT2D eigenvalue weighted by atomic mass is 10.1. The molecule has 0 bridgehead atoms. The molecule has 98 valence electrons. The number of rotatable bonds is 2. The Bertz CT molecular complexity index is 430. The summed E-state index contributed by atoms with van der Waals surface area (Å²) in [7, 11) is 0. The van der Waals surface area contributed by atoms with E-state index in [1.807, 2.05) is 12.1 Å². The van der Waals surface area contributed by atoms with Crippen LogP contribution in [0.2, 0.25) is 0 Å². The number of piperidine rings is 1. The Morgan fingerprint density at radius 2 is 2.11 bits per heavy atom. The molecule has 1 aromatic carbocycles. The van der Waals surface area contributed by atoms with E-state index >= 15 is 0 Å². The van der Waals surface area contributed by atoms with E-state index in [2.05, 4.69) is 26.9 Å². The molecule has 1 fully saturated rings. The summed E-state index contributed by atoms with van der Waals surface area (Å²) >= 11 is 3.50. The number of ether oxygens (including phenoxy) is 1. The van der Waals surface area contributed by atoms with Crippen molar-refractivity contribution >= 4 is 15.9 Å². The Hall–Kier alpha value is -0.580. The van der Waals surface area contributed by atoms with Gasteiger partial charge in [-0.3, -0.25) is 4.90 Å². The van der Waals surface area contributed by atoms with Crippen molar-refractivity contribution in [2.75, 3.05) is 19.6 Å². The van der Waals surface area contributed by atoms with Crippen LogP contribution in [0.3, 0.4) is 0 Å². The molecule has 0 spiro atoms. The van der Waals surface area contributed by atoms with Crippen LogP contribution in [0.15, 0.2) is 22.7 Å². The summed E-state index contributed by atoms with van der Waals surface area (Å²) in [5.74, 6) is 1.03. The molecule has 1 aromatic rings. The van der Waals surface area contributed by atoms with Gasteiger partial charge in [0.25, 0.3) is 0 Å². The topological polar surface area (TPSA) is 32.7 Å². The molecular weight excluding hydrogens is 294 g/mol. The molecule has 0 aromatic heterocycles. The first-order valence-electron chi connectivity index (χ1n) is 6.56. The highest BCUT2D eigenvalue weighted by Crippen LogP contribution is 2.31. The van der Waals surface area contributed by atoms with Crippen molar-refractivity contribution in [3.63, 3.8) is 0 Å². The van der Waals surface area contributed by atoms with Gasteiger partial charge in [-0.05, 0) is 36.6 Å². The molecule has 0 radical (unpaired) electrons. The van der Waals surface area contributed by atoms with Crippen molar-refractivity contribution in [3.8, 4) is 5.75 Å². The van der Waals surface area contributed by atoms with Gasteiger partial charge in [-0.2, -0.15) is 0 Å². The van der Waals surface area contributed by atoms with E-state index in [1.165, 1.54) is 5.56 Å². The van der Waals surface area contributed by atoms with E-state index in [0.717, 1.165) is 49.1 Å². The Morgan fingerprint density at radius 1 is 1.33 bits per heavy atom. The number of aliphatic hydroxyl groups excluding tert-OH is 1. The molecule has 4 heteroatoms. The molecule has 3 nitrogen and oxygen atoms in total. The van der Waals surface area contributed by atoms with Crippen LogP contribution >= 0.6 is 15.9 Å². The van der Waals surface area contributed by atoms with Gasteiger partial charge in [-0.25, -0.2) is 0 Å². The molecule has 1 atom stereocenters. The maximum absolute atomic E-state index is 9.50. The molecule has 1 saturated heterocycles. The van der Waals surface area contributed by atoms with E-state index < -0.39 is 0 Å². The molecule has 2 heterocycles. The fourth-order valence-electron chi connectivity index (χ4n) is 2.78. The van der Waals surface area contributed by atoms with Crippen molar-refractivity contribution < 1.29 is 9.84 Å². The number of halogens is 1. The predicted octanol–water partition coefficient (Wildman–Crippen LogP) is 2.21. The molecule has 1 unspecified atom stereocenters. The number of likely N-dealkylation sites (tertiary alicyclic amines) is 1. The van der Waals surface area contributed by atoms with E-state index in [4.69, 9.17) is 4.74 Å². The van der Waals surface area contributed by atoms with E-state index in [-0.39, 0.29) is 12.2 Å². The normalized spacial score (nSPS) is 24.9. The maximum atomic E-state index is 9.50. The van der Waals surface area contributed by atoms with Gasteiger partial charge in [0.15, 0.2) is 0 Å². The fourth-order valence-corrected chi connectivity index (χ4v) is 3.19. The number of hydrogen-bond donors (Lipinski definition) is 1. The van der Waals surface area contributed by atoms with E-state index in [1.54, 1.807) is 0 Å². The molecule has 0 aliphatic carbocycles. The van der Waals surface area contributed by atoms with Crippen LogP contribution in [0.25, 0.3) is 0 Å². The highest BCUT2D eigenvalue weighted by Gasteiger charge is 2.26. The number of benzene rings is 1. The number of nitrogens with zero attached hydrogens (tertiary/aromatic N) is 1. The lowest BCUT2D eigenvalue weighted by Gasteiger charge is -2.31. The van der Waals surface area contributed by atoms with Gasteiger partial charge in [0.2, 0.25) is 0 Å². The predicted molar refractivity (Wildman–Crippen MR) is 73.9 cm³/mol. The maximum Gasteiger partial charge on any atom is 0.123 e. The summed E-state index contributed by atoms with van der Waals surface area (Å²) in [4.78, 5) is 2.40.